The van der Waals surface area contributed by atoms with Gasteiger partial charge in [0, 0.05) is 6.26 Å². The topological polar surface area (TPSA) is 34.1 Å². The standard InChI is InChI=1S/C3H7IO2S/c1-3(4)7(2,5)6/h3H,1-2H3. The summed E-state index contributed by atoms with van der Waals surface area (Å²) in [6, 6.07) is 0. The molecule has 0 saturated heterocycles. The predicted molar refractivity (Wildman–Crippen MR) is 38.3 cm³/mol. The fourth-order valence-corrected chi connectivity index (χ4v) is 0. The molecule has 0 aromatic rings. The molecule has 0 aliphatic heterocycles. The molecule has 1 atom stereocenters. The van der Waals surface area contributed by atoms with Gasteiger partial charge in [-0.25, -0.2) is 8.42 Å². The van der Waals surface area contributed by atoms with Gasteiger partial charge in [0.25, 0.3) is 0 Å². The summed E-state index contributed by atoms with van der Waals surface area (Å²) in [5.41, 5.74) is 0. The third-order valence-corrected chi connectivity index (χ3v) is 4.54. The normalized spacial score (nSPS) is 16.4. The van der Waals surface area contributed by atoms with Crippen LogP contribution in [0, 0.1) is 0 Å². The lowest BCUT2D eigenvalue weighted by atomic mass is 11.0. The maximum Gasteiger partial charge on any atom is 0.159 e. The van der Waals surface area contributed by atoms with E-state index < -0.39 is 9.84 Å². The first-order valence-corrected chi connectivity index (χ1v) is 4.97. The van der Waals surface area contributed by atoms with Crippen LogP contribution >= 0.6 is 22.6 Å². The first-order chi connectivity index (χ1) is 2.94. The number of alkyl halides is 1. The van der Waals surface area contributed by atoms with Gasteiger partial charge in [0.15, 0.2) is 9.84 Å². The molecule has 44 valence electrons. The Labute approximate surface area is 57.4 Å². The molecule has 0 heterocycles. The Morgan fingerprint density at radius 2 is 1.71 bits per heavy atom. The number of hydrogen-bond acceptors (Lipinski definition) is 2. The van der Waals surface area contributed by atoms with Gasteiger partial charge in [0.05, 0.1) is 0 Å². The Balaban J connectivity index is 4.10. The van der Waals surface area contributed by atoms with E-state index in [1.807, 2.05) is 22.6 Å². The van der Waals surface area contributed by atoms with Crippen molar-refractivity contribution in [3.05, 3.63) is 0 Å². The van der Waals surface area contributed by atoms with E-state index in [4.69, 9.17) is 0 Å². The first kappa shape index (κ1) is 7.68. The maximum atomic E-state index is 10.3. The zero-order valence-electron chi connectivity index (χ0n) is 4.18. The Morgan fingerprint density at radius 1 is 1.57 bits per heavy atom. The maximum absolute atomic E-state index is 10.3. The highest BCUT2D eigenvalue weighted by molar-refractivity contribution is 14.1. The Hall–Kier alpha value is 0.680. The molecule has 0 rings (SSSR count). The molecule has 2 nitrogen and oxygen atoms in total. The summed E-state index contributed by atoms with van der Waals surface area (Å²) in [7, 11) is -2.75. The molecule has 0 saturated carbocycles. The van der Waals surface area contributed by atoms with Crippen molar-refractivity contribution < 1.29 is 8.42 Å². The van der Waals surface area contributed by atoms with Gasteiger partial charge < -0.3 is 0 Å². The van der Waals surface area contributed by atoms with Crippen LogP contribution in [0.15, 0.2) is 0 Å². The minimum atomic E-state index is -2.75. The second-order valence-electron chi connectivity index (χ2n) is 1.37. The molecule has 0 radical (unpaired) electrons. The Bertz CT molecular complexity index is 135. The molecule has 0 N–H and O–H groups in total. The second kappa shape index (κ2) is 2.30. The molecule has 0 fully saturated rings. The van der Waals surface area contributed by atoms with Crippen molar-refractivity contribution in [2.45, 2.75) is 10.2 Å². The molecular formula is C3H7IO2S. The molecule has 0 aliphatic rings. The van der Waals surface area contributed by atoms with E-state index >= 15 is 0 Å². The zero-order valence-corrected chi connectivity index (χ0v) is 7.15. The molecule has 7 heavy (non-hydrogen) atoms. The summed E-state index contributed by atoms with van der Waals surface area (Å²) in [5.74, 6) is 0. The van der Waals surface area contributed by atoms with Crippen LogP contribution in [0.25, 0.3) is 0 Å². The zero-order chi connectivity index (χ0) is 6.08. The van der Waals surface area contributed by atoms with E-state index in [-0.39, 0.29) is 3.26 Å². The van der Waals surface area contributed by atoms with Gasteiger partial charge in [-0.2, -0.15) is 0 Å². The van der Waals surface area contributed by atoms with Crippen LogP contribution in [0.1, 0.15) is 6.92 Å². The third kappa shape index (κ3) is 3.28. The number of sulfone groups is 1. The van der Waals surface area contributed by atoms with Crippen molar-refractivity contribution >= 4 is 32.4 Å². The fraction of sp³-hybridized carbons (Fsp3) is 1.00. The van der Waals surface area contributed by atoms with Crippen molar-refractivity contribution in [1.82, 2.24) is 0 Å². The summed E-state index contributed by atoms with van der Waals surface area (Å²) in [5, 5.41) is 0. The lowest BCUT2D eigenvalue weighted by molar-refractivity contribution is 0.602. The van der Waals surface area contributed by atoms with Gasteiger partial charge in [0.1, 0.15) is 3.26 Å². The van der Waals surface area contributed by atoms with Crippen molar-refractivity contribution in [2.24, 2.45) is 0 Å². The predicted octanol–water partition coefficient (Wildman–Crippen LogP) is 0.812. The lowest BCUT2D eigenvalue weighted by Gasteiger charge is -1.94. The molecule has 0 aliphatic carbocycles. The Morgan fingerprint density at radius 3 is 1.71 bits per heavy atom. The number of hydrogen-bond donors (Lipinski definition) is 0. The summed E-state index contributed by atoms with van der Waals surface area (Å²) in [6.45, 7) is 1.65. The van der Waals surface area contributed by atoms with Crippen LogP contribution in [0.5, 0.6) is 0 Å². The minimum Gasteiger partial charge on any atom is -0.228 e. The van der Waals surface area contributed by atoms with Gasteiger partial charge in [-0.15, -0.1) is 0 Å². The molecule has 4 heteroatoms. The van der Waals surface area contributed by atoms with Gasteiger partial charge in [-0.1, -0.05) is 22.6 Å². The minimum absolute atomic E-state index is 0.259. The van der Waals surface area contributed by atoms with Crippen LogP contribution in [0.2, 0.25) is 0 Å². The van der Waals surface area contributed by atoms with Gasteiger partial charge in [0.2, 0.25) is 0 Å². The van der Waals surface area contributed by atoms with E-state index in [1.54, 1.807) is 6.92 Å². The summed E-state index contributed by atoms with van der Waals surface area (Å²) in [4.78, 5) is 0. The van der Waals surface area contributed by atoms with Crippen molar-refractivity contribution in [1.29, 1.82) is 0 Å². The van der Waals surface area contributed by atoms with Crippen molar-refractivity contribution in [3.8, 4) is 0 Å². The summed E-state index contributed by atoms with van der Waals surface area (Å²) in [6.07, 6.45) is 1.23. The highest BCUT2D eigenvalue weighted by atomic mass is 127. The van der Waals surface area contributed by atoms with Crippen molar-refractivity contribution in [3.63, 3.8) is 0 Å². The van der Waals surface area contributed by atoms with E-state index in [2.05, 4.69) is 0 Å². The molecule has 0 aromatic carbocycles. The van der Waals surface area contributed by atoms with Crippen LogP contribution in [0.4, 0.5) is 0 Å². The van der Waals surface area contributed by atoms with E-state index in [1.165, 1.54) is 6.26 Å². The summed E-state index contributed by atoms with van der Waals surface area (Å²) < 4.78 is 20.4. The average Bonchev–Trinajstić information content (AvgIpc) is 1.31. The summed E-state index contributed by atoms with van der Waals surface area (Å²) >= 11 is 1.86. The smallest absolute Gasteiger partial charge is 0.159 e. The SMILES string of the molecule is CC(I)S(C)(=O)=O. The second-order valence-corrected chi connectivity index (χ2v) is 6.45. The Kier molecular flexibility index (Phi) is 2.52. The van der Waals surface area contributed by atoms with Gasteiger partial charge in [-0.05, 0) is 6.92 Å². The monoisotopic (exact) mass is 234 g/mol. The fourth-order valence-electron chi connectivity index (χ4n) is 0. The molecule has 0 aromatic heterocycles. The first-order valence-electron chi connectivity index (χ1n) is 1.77. The lowest BCUT2D eigenvalue weighted by Crippen LogP contribution is -2.06. The van der Waals surface area contributed by atoms with Crippen LogP contribution in [-0.4, -0.2) is 17.9 Å². The average molecular weight is 234 g/mol. The largest absolute Gasteiger partial charge is 0.228 e. The van der Waals surface area contributed by atoms with Crippen LogP contribution in [0.3, 0.4) is 0 Å². The van der Waals surface area contributed by atoms with Gasteiger partial charge >= 0.3 is 0 Å². The molecule has 0 bridgehead atoms. The van der Waals surface area contributed by atoms with Gasteiger partial charge in [-0.3, -0.25) is 0 Å². The van der Waals surface area contributed by atoms with Crippen LogP contribution < -0.4 is 0 Å². The number of rotatable bonds is 1. The molecule has 0 spiro atoms. The number of halogens is 1. The van der Waals surface area contributed by atoms with E-state index in [0.717, 1.165) is 0 Å². The molecular weight excluding hydrogens is 227 g/mol. The van der Waals surface area contributed by atoms with E-state index in [0.29, 0.717) is 0 Å². The van der Waals surface area contributed by atoms with E-state index in [9.17, 15) is 8.42 Å². The molecule has 0 amide bonds. The van der Waals surface area contributed by atoms with Crippen molar-refractivity contribution in [2.75, 3.05) is 6.26 Å². The third-order valence-electron chi connectivity index (χ3n) is 0.590. The highest BCUT2D eigenvalue weighted by Gasteiger charge is 2.07. The van der Waals surface area contributed by atoms with Crippen LogP contribution in [-0.2, 0) is 9.84 Å². The molecule has 1 unspecified atom stereocenters. The highest BCUT2D eigenvalue weighted by Crippen LogP contribution is 2.04. The quantitative estimate of drug-likeness (QED) is 0.497.